The number of rotatable bonds is 6. The van der Waals surface area contributed by atoms with E-state index in [4.69, 9.17) is 10.5 Å². The van der Waals surface area contributed by atoms with Crippen molar-refractivity contribution in [1.29, 1.82) is 0 Å². The van der Waals surface area contributed by atoms with Crippen LogP contribution < -0.4 is 15.2 Å². The van der Waals surface area contributed by atoms with Crippen molar-refractivity contribution in [3.63, 3.8) is 0 Å². The Morgan fingerprint density at radius 1 is 1.18 bits per heavy atom. The van der Waals surface area contributed by atoms with Crippen molar-refractivity contribution in [2.75, 3.05) is 11.8 Å². The van der Waals surface area contributed by atoms with Gasteiger partial charge in [-0.05, 0) is 57.4 Å². The third kappa shape index (κ3) is 4.17. The van der Waals surface area contributed by atoms with E-state index in [1.165, 1.54) is 0 Å². The van der Waals surface area contributed by atoms with E-state index in [0.717, 1.165) is 31.2 Å². The largest absolute Gasteiger partial charge is 0.495 e. The fourth-order valence-electron chi connectivity index (χ4n) is 4.34. The van der Waals surface area contributed by atoms with Crippen LogP contribution in [0.4, 0.5) is 5.69 Å². The van der Waals surface area contributed by atoms with Crippen LogP contribution in [0.25, 0.3) is 22.3 Å². The molecule has 1 amide bonds. The quantitative estimate of drug-likeness (QED) is 0.551. The number of nitrogens with one attached hydrogen (secondary N) is 1. The molecule has 9 heteroatoms. The highest BCUT2D eigenvalue weighted by molar-refractivity contribution is 7.94. The summed E-state index contributed by atoms with van der Waals surface area (Å²) < 4.78 is 34.2. The lowest BCUT2D eigenvalue weighted by Gasteiger charge is -2.21. The van der Waals surface area contributed by atoms with Crippen molar-refractivity contribution in [2.24, 2.45) is 5.73 Å². The molecule has 1 aliphatic rings. The number of primary amides is 1. The second kappa shape index (κ2) is 8.37. The third-order valence-electron chi connectivity index (χ3n) is 6.21. The molecule has 0 aliphatic heterocycles. The van der Waals surface area contributed by atoms with Gasteiger partial charge < -0.3 is 15.0 Å². The minimum absolute atomic E-state index is 0.204. The van der Waals surface area contributed by atoms with Gasteiger partial charge in [-0.15, -0.1) is 0 Å². The Kier molecular flexibility index (Phi) is 5.86. The maximum Gasteiger partial charge on any atom is 0.251 e. The van der Waals surface area contributed by atoms with E-state index in [1.54, 1.807) is 52.3 Å². The minimum Gasteiger partial charge on any atom is -0.495 e. The van der Waals surface area contributed by atoms with E-state index in [0.29, 0.717) is 33.7 Å². The van der Waals surface area contributed by atoms with Gasteiger partial charge in [-0.3, -0.25) is 9.52 Å². The lowest BCUT2D eigenvalue weighted by Crippen LogP contribution is -2.33. The van der Waals surface area contributed by atoms with Crippen LogP contribution in [0.5, 0.6) is 5.75 Å². The summed E-state index contributed by atoms with van der Waals surface area (Å²) in [5, 5.41) is 0.654. The Bertz CT molecular complexity index is 1300. The first-order valence-corrected chi connectivity index (χ1v) is 12.5. The van der Waals surface area contributed by atoms with Crippen LogP contribution in [-0.2, 0) is 10.0 Å². The van der Waals surface area contributed by atoms with Gasteiger partial charge in [0.2, 0.25) is 10.0 Å². The van der Waals surface area contributed by atoms with Crippen molar-refractivity contribution in [1.82, 2.24) is 9.55 Å². The predicted molar refractivity (Wildman–Crippen MR) is 130 cm³/mol. The molecule has 0 saturated heterocycles. The normalized spacial score (nSPS) is 15.2. The highest BCUT2D eigenvalue weighted by Crippen LogP contribution is 2.41. The smallest absolute Gasteiger partial charge is 0.251 e. The van der Waals surface area contributed by atoms with Crippen molar-refractivity contribution >= 4 is 32.7 Å². The number of hydrogen-bond donors (Lipinski definition) is 2. The van der Waals surface area contributed by atoms with Gasteiger partial charge in [-0.1, -0.05) is 25.0 Å². The predicted octanol–water partition coefficient (Wildman–Crippen LogP) is 4.47. The van der Waals surface area contributed by atoms with E-state index >= 15 is 0 Å². The number of sulfonamides is 1. The maximum absolute atomic E-state index is 12.7. The Labute approximate surface area is 194 Å². The number of hydrogen-bond acceptors (Lipinski definition) is 5. The summed E-state index contributed by atoms with van der Waals surface area (Å²) in [6.07, 6.45) is 5.85. The van der Waals surface area contributed by atoms with Crippen molar-refractivity contribution in [3.8, 4) is 17.0 Å². The van der Waals surface area contributed by atoms with Gasteiger partial charge >= 0.3 is 0 Å². The number of benzene rings is 1. The molecule has 0 bridgehead atoms. The number of ether oxygens (including phenoxy) is 1. The topological polar surface area (TPSA) is 116 Å². The molecule has 2 aromatic heterocycles. The molecule has 3 aromatic rings. The van der Waals surface area contributed by atoms with Crippen LogP contribution in [-0.4, -0.2) is 35.7 Å². The average molecular weight is 471 g/mol. The zero-order valence-electron chi connectivity index (χ0n) is 19.4. The zero-order valence-corrected chi connectivity index (χ0v) is 20.2. The molecule has 176 valence electrons. The number of aromatic nitrogens is 2. The number of nitrogens with zero attached hydrogens (tertiary/aromatic N) is 2. The van der Waals surface area contributed by atoms with Crippen LogP contribution in [0.15, 0.2) is 36.5 Å². The van der Waals surface area contributed by atoms with Gasteiger partial charge in [-0.2, -0.15) is 0 Å². The summed E-state index contributed by atoms with van der Waals surface area (Å²) in [5.74, 6) is 0.00590. The highest BCUT2D eigenvalue weighted by atomic mass is 32.2. The lowest BCUT2D eigenvalue weighted by atomic mass is 10.0. The molecule has 0 radical (unpaired) electrons. The summed E-state index contributed by atoms with van der Waals surface area (Å²) in [6, 6.07) is 9.02. The van der Waals surface area contributed by atoms with Crippen LogP contribution in [0.3, 0.4) is 0 Å². The van der Waals surface area contributed by atoms with E-state index in [1.807, 2.05) is 12.1 Å². The zero-order chi connectivity index (χ0) is 24.0. The van der Waals surface area contributed by atoms with Crippen molar-refractivity contribution in [2.45, 2.75) is 57.2 Å². The number of anilines is 1. The fourth-order valence-corrected chi connectivity index (χ4v) is 5.09. The lowest BCUT2D eigenvalue weighted by molar-refractivity contribution is 0.100. The fraction of sp³-hybridized carbons (Fsp3) is 0.417. The summed E-state index contributed by atoms with van der Waals surface area (Å²) in [5.41, 5.74) is 8.89. The summed E-state index contributed by atoms with van der Waals surface area (Å²) in [6.45, 7) is 4.93. The molecule has 0 atom stereocenters. The Morgan fingerprint density at radius 2 is 1.82 bits per heavy atom. The average Bonchev–Trinajstić information content (AvgIpc) is 3.38. The number of nitrogens with two attached hydrogens (primary N) is 1. The van der Waals surface area contributed by atoms with Crippen LogP contribution >= 0.6 is 0 Å². The second-order valence-corrected chi connectivity index (χ2v) is 11.9. The van der Waals surface area contributed by atoms with E-state index in [2.05, 4.69) is 14.3 Å². The summed E-state index contributed by atoms with van der Waals surface area (Å²) in [4.78, 5) is 17.3. The van der Waals surface area contributed by atoms with Gasteiger partial charge in [-0.25, -0.2) is 13.4 Å². The van der Waals surface area contributed by atoms with Gasteiger partial charge in [0.05, 0.1) is 29.3 Å². The third-order valence-corrected chi connectivity index (χ3v) is 8.32. The molecule has 0 spiro atoms. The number of carbonyl (C=O) groups excluding carboxylic acids is 1. The Morgan fingerprint density at radius 3 is 2.36 bits per heavy atom. The summed E-state index contributed by atoms with van der Waals surface area (Å²) >= 11 is 0. The van der Waals surface area contributed by atoms with Crippen molar-refractivity contribution in [3.05, 3.63) is 42.1 Å². The summed E-state index contributed by atoms with van der Waals surface area (Å²) in [7, 11) is -2.00. The molecule has 0 unspecified atom stereocenters. The van der Waals surface area contributed by atoms with E-state index in [-0.39, 0.29) is 6.04 Å². The van der Waals surface area contributed by atoms with Gasteiger partial charge in [0.15, 0.2) is 0 Å². The number of pyridine rings is 1. The van der Waals surface area contributed by atoms with E-state index in [9.17, 15) is 13.2 Å². The molecule has 2 heterocycles. The molecule has 1 fully saturated rings. The first-order chi connectivity index (χ1) is 15.5. The van der Waals surface area contributed by atoms with Gasteiger partial charge in [0.25, 0.3) is 5.91 Å². The van der Waals surface area contributed by atoms with Gasteiger partial charge in [0, 0.05) is 17.1 Å². The van der Waals surface area contributed by atoms with Crippen LogP contribution in [0.2, 0.25) is 0 Å². The number of carbonyl (C=O) groups is 1. The highest BCUT2D eigenvalue weighted by Gasteiger charge is 2.30. The van der Waals surface area contributed by atoms with Crippen LogP contribution in [0, 0.1) is 0 Å². The molecule has 4 rings (SSSR count). The van der Waals surface area contributed by atoms with Gasteiger partial charge in [0.1, 0.15) is 11.4 Å². The molecule has 1 aliphatic carbocycles. The Hall–Kier alpha value is -3.07. The Balaban J connectivity index is 1.88. The number of fused-ring (bicyclic) bond motifs is 1. The number of methoxy groups -OCH3 is 1. The minimum atomic E-state index is -3.55. The monoisotopic (exact) mass is 470 g/mol. The molecule has 1 aromatic carbocycles. The molecule has 1 saturated carbocycles. The molecular weight excluding hydrogens is 440 g/mol. The molecule has 8 nitrogen and oxygen atoms in total. The SMILES string of the molecule is COc1cnc2c(c1)c(C(N)=O)c(-c1ccc(NS(=O)(=O)C(C)(C)C)cc1)n2C1CCCC1. The van der Waals surface area contributed by atoms with E-state index < -0.39 is 20.7 Å². The molecule has 3 N–H and O–H groups in total. The molecule has 33 heavy (non-hydrogen) atoms. The first-order valence-electron chi connectivity index (χ1n) is 11.0. The van der Waals surface area contributed by atoms with Crippen LogP contribution in [0.1, 0.15) is 62.9 Å². The maximum atomic E-state index is 12.7. The second-order valence-electron chi connectivity index (χ2n) is 9.44. The molecular formula is C24H30N4O4S. The van der Waals surface area contributed by atoms with Crippen molar-refractivity contribution < 1.29 is 17.9 Å². The number of amides is 1. The standard InChI is InChI=1S/C24H30N4O4S/c1-24(2,3)33(30,31)27-16-11-9-15(10-12-16)21-20(22(25)29)19-13-18(32-4)14-26-23(19)28(21)17-7-5-6-8-17/h9-14,17,27H,5-8H2,1-4H3,(H2,25,29). The first kappa shape index (κ1) is 23.1.